The summed E-state index contributed by atoms with van der Waals surface area (Å²) in [7, 11) is -2.21. The summed E-state index contributed by atoms with van der Waals surface area (Å²) in [4.78, 5) is 0.127. The molecule has 5 nitrogen and oxygen atoms in total. The first-order chi connectivity index (χ1) is 8.28. The van der Waals surface area contributed by atoms with Crippen LogP contribution in [0.4, 0.5) is 0 Å². The third kappa shape index (κ3) is 3.07. The molecule has 1 rings (SSSR count). The molecule has 0 amide bonds. The molecule has 1 atom stereocenters. The van der Waals surface area contributed by atoms with Crippen molar-refractivity contribution in [3.63, 3.8) is 0 Å². The summed E-state index contributed by atoms with van der Waals surface area (Å²) in [6.45, 7) is 3.24. The van der Waals surface area contributed by atoms with Crippen molar-refractivity contribution in [3.8, 4) is 6.07 Å². The molecule has 98 valence electrons. The largest absolute Gasteiger partial charge is 0.392 e. The van der Waals surface area contributed by atoms with Gasteiger partial charge in [-0.2, -0.15) is 9.57 Å². The number of aliphatic hydroxyl groups is 1. The summed E-state index contributed by atoms with van der Waals surface area (Å²) in [5.41, 5.74) is 1.07. The predicted octanol–water partition coefficient (Wildman–Crippen LogP) is 0.868. The predicted molar refractivity (Wildman–Crippen MR) is 67.4 cm³/mol. The van der Waals surface area contributed by atoms with E-state index in [1.165, 1.54) is 32.2 Å². The lowest BCUT2D eigenvalue weighted by molar-refractivity contribution is 0.171. The van der Waals surface area contributed by atoms with Gasteiger partial charge in [0.15, 0.2) is 0 Å². The van der Waals surface area contributed by atoms with E-state index in [4.69, 9.17) is 5.26 Å². The molecule has 0 fully saturated rings. The average molecular weight is 268 g/mol. The molecule has 1 unspecified atom stereocenters. The van der Waals surface area contributed by atoms with Crippen LogP contribution >= 0.6 is 0 Å². The lowest BCUT2D eigenvalue weighted by Gasteiger charge is -2.18. The van der Waals surface area contributed by atoms with Crippen molar-refractivity contribution in [1.82, 2.24) is 4.31 Å². The summed E-state index contributed by atoms with van der Waals surface area (Å²) >= 11 is 0. The molecule has 0 radical (unpaired) electrons. The molecule has 0 saturated heterocycles. The van der Waals surface area contributed by atoms with Crippen LogP contribution in [0.2, 0.25) is 0 Å². The first kappa shape index (κ1) is 14.6. The summed E-state index contributed by atoms with van der Waals surface area (Å²) in [5.74, 6) is 0. The molecule has 1 aromatic carbocycles. The van der Waals surface area contributed by atoms with Gasteiger partial charge in [-0.15, -0.1) is 0 Å². The Morgan fingerprint density at radius 3 is 2.56 bits per heavy atom. The topological polar surface area (TPSA) is 81.4 Å². The molecule has 1 N–H and O–H groups in total. The van der Waals surface area contributed by atoms with Crippen LogP contribution in [0.25, 0.3) is 0 Å². The number of aliphatic hydroxyl groups excluding tert-OH is 1. The molecule has 0 saturated carbocycles. The highest BCUT2D eigenvalue weighted by molar-refractivity contribution is 7.89. The fourth-order valence-electron chi connectivity index (χ4n) is 1.57. The number of hydrogen-bond donors (Lipinski definition) is 1. The van der Waals surface area contributed by atoms with Gasteiger partial charge in [-0.3, -0.25) is 0 Å². The molecule has 0 aliphatic heterocycles. The van der Waals surface area contributed by atoms with E-state index in [-0.39, 0.29) is 11.4 Å². The smallest absolute Gasteiger partial charge is 0.242 e. The second kappa shape index (κ2) is 5.48. The Kier molecular flexibility index (Phi) is 4.46. The number of aryl methyl sites for hydroxylation is 1. The maximum Gasteiger partial charge on any atom is 0.242 e. The quantitative estimate of drug-likeness (QED) is 0.878. The van der Waals surface area contributed by atoms with E-state index < -0.39 is 16.1 Å². The van der Waals surface area contributed by atoms with Gasteiger partial charge in [0.25, 0.3) is 0 Å². The van der Waals surface area contributed by atoms with Crippen molar-refractivity contribution in [2.24, 2.45) is 0 Å². The van der Waals surface area contributed by atoms with Gasteiger partial charge in [-0.05, 0) is 37.6 Å². The van der Waals surface area contributed by atoms with Crippen LogP contribution in [0, 0.1) is 18.3 Å². The maximum atomic E-state index is 12.2. The highest BCUT2D eigenvalue weighted by atomic mass is 32.2. The lowest BCUT2D eigenvalue weighted by atomic mass is 10.1. The molecule has 0 aliphatic carbocycles. The summed E-state index contributed by atoms with van der Waals surface area (Å²) in [6.07, 6.45) is -0.732. The Bertz CT molecular complexity index is 573. The van der Waals surface area contributed by atoms with Crippen molar-refractivity contribution in [1.29, 1.82) is 5.26 Å². The SMILES string of the molecule is Cc1cc(S(=O)(=O)N(C)CC(C)O)ccc1C#N. The van der Waals surface area contributed by atoms with Gasteiger partial charge in [0.2, 0.25) is 10.0 Å². The van der Waals surface area contributed by atoms with Crippen molar-refractivity contribution < 1.29 is 13.5 Å². The zero-order chi connectivity index (χ0) is 13.9. The molecular formula is C12H16N2O3S. The molecule has 0 aromatic heterocycles. The number of nitrogens with zero attached hydrogens (tertiary/aromatic N) is 2. The molecule has 0 heterocycles. The molecule has 0 aliphatic rings. The van der Waals surface area contributed by atoms with Gasteiger partial charge in [-0.1, -0.05) is 0 Å². The Labute approximate surface area is 107 Å². The zero-order valence-corrected chi connectivity index (χ0v) is 11.4. The van der Waals surface area contributed by atoms with E-state index in [1.54, 1.807) is 6.92 Å². The number of hydrogen-bond acceptors (Lipinski definition) is 4. The molecule has 6 heteroatoms. The van der Waals surface area contributed by atoms with Crippen LogP contribution in [0.5, 0.6) is 0 Å². The molecule has 0 spiro atoms. The van der Waals surface area contributed by atoms with E-state index in [0.29, 0.717) is 11.1 Å². The average Bonchev–Trinajstić information content (AvgIpc) is 2.27. The first-order valence-electron chi connectivity index (χ1n) is 5.44. The van der Waals surface area contributed by atoms with Gasteiger partial charge in [-0.25, -0.2) is 8.42 Å². The summed E-state index contributed by atoms with van der Waals surface area (Å²) < 4.78 is 25.4. The Morgan fingerprint density at radius 2 is 2.11 bits per heavy atom. The Balaban J connectivity index is 3.14. The zero-order valence-electron chi connectivity index (χ0n) is 10.6. The van der Waals surface area contributed by atoms with Crippen LogP contribution < -0.4 is 0 Å². The Hall–Kier alpha value is -1.42. The van der Waals surface area contributed by atoms with Gasteiger partial charge in [0, 0.05) is 13.6 Å². The number of rotatable bonds is 4. The van der Waals surface area contributed by atoms with Crippen LogP contribution in [0.15, 0.2) is 23.1 Å². The number of nitriles is 1. The molecule has 1 aromatic rings. The van der Waals surface area contributed by atoms with Gasteiger partial charge < -0.3 is 5.11 Å². The second-order valence-electron chi connectivity index (χ2n) is 4.22. The second-order valence-corrected chi connectivity index (χ2v) is 6.27. The van der Waals surface area contributed by atoms with E-state index >= 15 is 0 Å². The third-order valence-electron chi connectivity index (χ3n) is 2.55. The Morgan fingerprint density at radius 1 is 1.50 bits per heavy atom. The van der Waals surface area contributed by atoms with E-state index in [9.17, 15) is 13.5 Å². The highest BCUT2D eigenvalue weighted by Gasteiger charge is 2.22. The van der Waals surface area contributed by atoms with E-state index in [0.717, 1.165) is 4.31 Å². The fourth-order valence-corrected chi connectivity index (χ4v) is 2.91. The van der Waals surface area contributed by atoms with Gasteiger partial charge in [0.1, 0.15) is 0 Å². The van der Waals surface area contributed by atoms with Crippen LogP contribution in [-0.2, 0) is 10.0 Å². The minimum Gasteiger partial charge on any atom is -0.392 e. The third-order valence-corrected chi connectivity index (χ3v) is 4.37. The molecular weight excluding hydrogens is 252 g/mol. The fraction of sp³-hybridized carbons (Fsp3) is 0.417. The monoisotopic (exact) mass is 268 g/mol. The molecule has 0 bridgehead atoms. The van der Waals surface area contributed by atoms with Gasteiger partial charge in [0.05, 0.1) is 22.6 Å². The van der Waals surface area contributed by atoms with E-state index in [2.05, 4.69) is 0 Å². The first-order valence-corrected chi connectivity index (χ1v) is 6.88. The number of likely N-dealkylation sites (N-methyl/N-ethyl adjacent to an activating group) is 1. The summed E-state index contributed by atoms with van der Waals surface area (Å²) in [6, 6.07) is 6.34. The normalized spacial score (nSPS) is 13.3. The van der Waals surface area contributed by atoms with Crippen LogP contribution in [0.3, 0.4) is 0 Å². The van der Waals surface area contributed by atoms with E-state index in [1.807, 2.05) is 6.07 Å². The van der Waals surface area contributed by atoms with Gasteiger partial charge >= 0.3 is 0 Å². The minimum atomic E-state index is -3.62. The highest BCUT2D eigenvalue weighted by Crippen LogP contribution is 2.18. The van der Waals surface area contributed by atoms with Crippen molar-refractivity contribution in [3.05, 3.63) is 29.3 Å². The van der Waals surface area contributed by atoms with Crippen molar-refractivity contribution in [2.45, 2.75) is 24.8 Å². The standard InChI is InChI=1S/C12H16N2O3S/c1-9-6-12(5-4-11(9)7-13)18(16,17)14(3)8-10(2)15/h4-6,10,15H,8H2,1-3H3. The number of sulfonamides is 1. The summed E-state index contributed by atoms with van der Waals surface area (Å²) in [5, 5.41) is 18.0. The number of benzene rings is 1. The maximum absolute atomic E-state index is 12.2. The van der Waals surface area contributed by atoms with Crippen LogP contribution in [0.1, 0.15) is 18.1 Å². The lowest BCUT2D eigenvalue weighted by Crippen LogP contribution is -2.33. The van der Waals surface area contributed by atoms with Crippen molar-refractivity contribution >= 4 is 10.0 Å². The van der Waals surface area contributed by atoms with Crippen LogP contribution in [-0.4, -0.2) is 37.5 Å². The van der Waals surface area contributed by atoms with Crippen molar-refractivity contribution in [2.75, 3.05) is 13.6 Å². The minimum absolute atomic E-state index is 0.0291. The molecule has 18 heavy (non-hydrogen) atoms.